The van der Waals surface area contributed by atoms with Crippen molar-refractivity contribution < 1.29 is 14.0 Å². The monoisotopic (exact) mass is 383 g/mol. The second kappa shape index (κ2) is 8.41. The van der Waals surface area contributed by atoms with E-state index in [4.69, 9.17) is 4.42 Å². The second-order valence-electron chi connectivity index (χ2n) is 5.85. The lowest BCUT2D eigenvalue weighted by Crippen LogP contribution is -2.44. The number of nitrogens with one attached hydrogen (secondary N) is 2. The summed E-state index contributed by atoms with van der Waals surface area (Å²) >= 11 is 0.725. The maximum Gasteiger partial charge on any atom is 0.414 e. The zero-order valence-corrected chi connectivity index (χ0v) is 15.3. The van der Waals surface area contributed by atoms with Gasteiger partial charge in [0.1, 0.15) is 6.04 Å². The van der Waals surface area contributed by atoms with Crippen LogP contribution in [-0.4, -0.2) is 22.2 Å². The van der Waals surface area contributed by atoms with Crippen molar-refractivity contribution in [1.29, 1.82) is 0 Å². The van der Waals surface area contributed by atoms with Gasteiger partial charge in [-0.05, 0) is 23.8 Å². The summed E-state index contributed by atoms with van der Waals surface area (Å²) in [5.74, 6) is -0.432. The molecular weight excluding hydrogens is 366 g/mol. The molecule has 8 heteroatoms. The summed E-state index contributed by atoms with van der Waals surface area (Å²) in [6, 6.07) is 15.5. The van der Waals surface area contributed by atoms with Gasteiger partial charge in [-0.25, -0.2) is 4.79 Å². The highest BCUT2D eigenvalue weighted by molar-refractivity contribution is 7.02. The number of hydrogen-bond donors (Lipinski definition) is 2. The van der Waals surface area contributed by atoms with Crippen molar-refractivity contribution >= 4 is 29.0 Å². The fourth-order valence-corrected chi connectivity index (χ4v) is 2.99. The smallest absolute Gasteiger partial charge is 0.394 e. The predicted molar refractivity (Wildman–Crippen MR) is 102 cm³/mol. The molecule has 0 aliphatic heterocycles. The van der Waals surface area contributed by atoms with E-state index in [-0.39, 0.29) is 17.7 Å². The minimum Gasteiger partial charge on any atom is -0.394 e. The number of amides is 2. The number of rotatable bonds is 6. The van der Waals surface area contributed by atoms with Gasteiger partial charge in [0, 0.05) is 24.6 Å². The van der Waals surface area contributed by atoms with Crippen LogP contribution in [0, 0.1) is 0 Å². The molecule has 0 unspecified atom stereocenters. The maximum atomic E-state index is 12.7. The van der Waals surface area contributed by atoms with Crippen molar-refractivity contribution in [2.24, 2.45) is 0 Å². The Kier molecular flexibility index (Phi) is 5.77. The van der Waals surface area contributed by atoms with Crippen molar-refractivity contribution in [3.05, 3.63) is 69.9 Å². The average Bonchev–Trinajstić information content (AvgIpc) is 3.08. The molecule has 2 N–H and O–H groups in total. The van der Waals surface area contributed by atoms with E-state index in [9.17, 15) is 14.4 Å². The largest absolute Gasteiger partial charge is 0.414 e. The van der Waals surface area contributed by atoms with E-state index >= 15 is 0 Å². The lowest BCUT2D eigenvalue weighted by atomic mass is 10.0. The Hall–Kier alpha value is -3.26. The molecule has 7 nitrogen and oxygen atoms in total. The standard InChI is InChI=1S/C19H17N3O4S/c1-12(23)20-16(10-13-6-3-2-4-7-13)17(24)21-15-9-5-8-14(11-15)18-22-27-19(25)26-18/h2-9,11,16H,10H2,1H3,(H,20,23)(H,21,24)/t16-/m1/s1. The zero-order valence-electron chi connectivity index (χ0n) is 14.5. The first-order chi connectivity index (χ1) is 13.0. The van der Waals surface area contributed by atoms with E-state index in [2.05, 4.69) is 15.0 Å². The van der Waals surface area contributed by atoms with Gasteiger partial charge in [0.15, 0.2) is 0 Å². The van der Waals surface area contributed by atoms with Crippen molar-refractivity contribution in [3.8, 4) is 11.5 Å². The highest BCUT2D eigenvalue weighted by Gasteiger charge is 2.20. The van der Waals surface area contributed by atoms with Gasteiger partial charge in [-0.15, -0.1) is 4.37 Å². The Morgan fingerprint density at radius 1 is 1.15 bits per heavy atom. The van der Waals surface area contributed by atoms with Gasteiger partial charge in [-0.3, -0.25) is 9.59 Å². The molecule has 0 fully saturated rings. The summed E-state index contributed by atoms with van der Waals surface area (Å²) in [6.07, 6.45) is 0.368. The lowest BCUT2D eigenvalue weighted by molar-refractivity contribution is -0.125. The molecule has 0 aliphatic carbocycles. The fraction of sp³-hybridized carbons (Fsp3) is 0.158. The molecule has 0 saturated heterocycles. The van der Waals surface area contributed by atoms with Crippen LogP contribution in [0.5, 0.6) is 0 Å². The molecular formula is C19H17N3O4S. The molecule has 0 bridgehead atoms. The topological polar surface area (TPSA) is 101 Å². The number of anilines is 1. The molecule has 2 amide bonds. The van der Waals surface area contributed by atoms with Gasteiger partial charge in [-0.2, -0.15) is 0 Å². The first kappa shape index (κ1) is 18.5. The lowest BCUT2D eigenvalue weighted by Gasteiger charge is -2.18. The molecule has 3 rings (SSSR count). The van der Waals surface area contributed by atoms with Crippen LogP contribution in [0.2, 0.25) is 0 Å². The van der Waals surface area contributed by atoms with Crippen LogP contribution < -0.4 is 15.6 Å². The van der Waals surface area contributed by atoms with Crippen LogP contribution in [0.4, 0.5) is 5.69 Å². The number of aromatic nitrogens is 1. The van der Waals surface area contributed by atoms with Crippen LogP contribution in [0.3, 0.4) is 0 Å². The normalized spacial score (nSPS) is 11.6. The van der Waals surface area contributed by atoms with Crippen LogP contribution in [0.1, 0.15) is 12.5 Å². The summed E-state index contributed by atoms with van der Waals surface area (Å²) in [4.78, 5) is 34.9. The van der Waals surface area contributed by atoms with Crippen LogP contribution in [-0.2, 0) is 16.0 Å². The number of carbonyl (C=O) groups excluding carboxylic acids is 2. The summed E-state index contributed by atoms with van der Waals surface area (Å²) < 4.78 is 8.92. The van der Waals surface area contributed by atoms with Crippen molar-refractivity contribution in [3.63, 3.8) is 0 Å². The van der Waals surface area contributed by atoms with Crippen LogP contribution in [0.15, 0.2) is 63.8 Å². The van der Waals surface area contributed by atoms with Crippen molar-refractivity contribution in [2.75, 3.05) is 5.32 Å². The average molecular weight is 383 g/mol. The van der Waals surface area contributed by atoms with E-state index in [1.54, 1.807) is 24.3 Å². The Labute approximate surface area is 159 Å². The van der Waals surface area contributed by atoms with Gasteiger partial charge < -0.3 is 15.1 Å². The first-order valence-electron chi connectivity index (χ1n) is 8.20. The molecule has 138 valence electrons. The van der Waals surface area contributed by atoms with Crippen molar-refractivity contribution in [1.82, 2.24) is 9.69 Å². The van der Waals surface area contributed by atoms with E-state index in [0.29, 0.717) is 17.7 Å². The Balaban J connectivity index is 1.76. The maximum absolute atomic E-state index is 12.7. The number of benzene rings is 2. The van der Waals surface area contributed by atoms with E-state index < -0.39 is 11.0 Å². The van der Waals surface area contributed by atoms with Gasteiger partial charge >= 0.3 is 4.94 Å². The van der Waals surface area contributed by atoms with Gasteiger partial charge in [0.05, 0.1) is 11.5 Å². The molecule has 27 heavy (non-hydrogen) atoms. The van der Waals surface area contributed by atoms with Gasteiger partial charge in [0.2, 0.25) is 17.7 Å². The summed E-state index contributed by atoms with van der Waals surface area (Å²) in [5, 5.41) is 5.46. The predicted octanol–water partition coefficient (Wildman–Crippen LogP) is 2.45. The molecule has 1 aromatic heterocycles. The molecule has 1 heterocycles. The fourth-order valence-electron chi connectivity index (χ4n) is 2.57. The molecule has 0 saturated carbocycles. The number of nitrogens with zero attached hydrogens (tertiary/aromatic N) is 1. The molecule has 2 aromatic carbocycles. The third-order valence-corrected chi connectivity index (χ3v) is 4.23. The summed E-state index contributed by atoms with van der Waals surface area (Å²) in [6.45, 7) is 1.37. The zero-order chi connectivity index (χ0) is 19.2. The van der Waals surface area contributed by atoms with Crippen molar-refractivity contribution in [2.45, 2.75) is 19.4 Å². The minimum atomic E-state index is -0.717. The van der Waals surface area contributed by atoms with Gasteiger partial charge in [-0.1, -0.05) is 36.4 Å². The molecule has 1 atom stereocenters. The molecule has 0 spiro atoms. The molecule has 0 aliphatic rings. The third kappa shape index (κ3) is 5.11. The van der Waals surface area contributed by atoms with E-state index in [0.717, 1.165) is 17.1 Å². The van der Waals surface area contributed by atoms with E-state index in [1.165, 1.54) is 6.92 Å². The Morgan fingerprint density at radius 2 is 1.93 bits per heavy atom. The van der Waals surface area contributed by atoms with Gasteiger partial charge in [0.25, 0.3) is 0 Å². The summed E-state index contributed by atoms with van der Waals surface area (Å²) in [5.41, 5.74) is 2.02. The second-order valence-corrected chi connectivity index (χ2v) is 6.55. The third-order valence-electron chi connectivity index (χ3n) is 3.74. The number of carbonyl (C=O) groups is 2. The Bertz CT molecular complexity index is 997. The SMILES string of the molecule is CC(=O)N[C@H](Cc1ccccc1)C(=O)Nc1cccc(-c2nsc(=O)o2)c1. The minimum absolute atomic E-state index is 0.198. The molecule has 3 aromatic rings. The van der Waals surface area contributed by atoms with Crippen LogP contribution >= 0.6 is 11.5 Å². The first-order valence-corrected chi connectivity index (χ1v) is 8.98. The highest BCUT2D eigenvalue weighted by Crippen LogP contribution is 2.21. The Morgan fingerprint density at radius 3 is 2.59 bits per heavy atom. The van der Waals surface area contributed by atoms with Crippen LogP contribution in [0.25, 0.3) is 11.5 Å². The summed E-state index contributed by atoms with van der Waals surface area (Å²) in [7, 11) is 0. The van der Waals surface area contributed by atoms with E-state index in [1.807, 2.05) is 30.3 Å². The highest BCUT2D eigenvalue weighted by atomic mass is 32.1. The quantitative estimate of drug-likeness (QED) is 0.681. The molecule has 0 radical (unpaired) electrons. The number of hydrogen-bond acceptors (Lipinski definition) is 6.